The molecule has 0 aliphatic rings. The van der Waals surface area contributed by atoms with E-state index in [9.17, 15) is 0 Å². The van der Waals surface area contributed by atoms with Gasteiger partial charge in [0.15, 0.2) is 11.7 Å². The number of fused-ring (bicyclic) bond motifs is 1. The maximum Gasteiger partial charge on any atom is 0.199 e. The summed E-state index contributed by atoms with van der Waals surface area (Å²) in [7, 11) is 0. The smallest absolute Gasteiger partial charge is 0.199 e. The number of para-hydroxylation sites is 2. The Labute approximate surface area is 162 Å². The van der Waals surface area contributed by atoms with Gasteiger partial charge in [-0.3, -0.25) is 0 Å². The largest absolute Gasteiger partial charge is 0.493 e. The molecule has 0 atom stereocenters. The van der Waals surface area contributed by atoms with Crippen LogP contribution in [0.2, 0.25) is 5.02 Å². The number of oxazole rings is 1. The highest BCUT2D eigenvalue weighted by Crippen LogP contribution is 2.27. The Morgan fingerprint density at radius 1 is 1.15 bits per heavy atom. The van der Waals surface area contributed by atoms with E-state index in [1.165, 1.54) is 0 Å². The summed E-state index contributed by atoms with van der Waals surface area (Å²) in [5.74, 6) is 2.52. The Kier molecular flexibility index (Phi) is 4.86. The second-order valence-corrected chi connectivity index (χ2v) is 7.30. The predicted molar refractivity (Wildman–Crippen MR) is 106 cm³/mol. The Morgan fingerprint density at radius 2 is 2.00 bits per heavy atom. The van der Waals surface area contributed by atoms with Gasteiger partial charge in [0.05, 0.1) is 24.1 Å². The number of halogens is 1. The Morgan fingerprint density at radius 3 is 2.81 bits per heavy atom. The van der Waals surface area contributed by atoms with Gasteiger partial charge in [-0.25, -0.2) is 9.97 Å². The Balaban J connectivity index is 1.58. The van der Waals surface area contributed by atoms with Crippen molar-refractivity contribution < 1.29 is 9.15 Å². The van der Waals surface area contributed by atoms with Crippen LogP contribution < -0.4 is 4.74 Å². The van der Waals surface area contributed by atoms with Gasteiger partial charge in [-0.1, -0.05) is 37.6 Å². The first-order valence-corrected chi connectivity index (χ1v) is 9.27. The number of ether oxygens (including phenoxy) is 1. The lowest BCUT2D eigenvalue weighted by Crippen LogP contribution is -2.06. The quantitative estimate of drug-likeness (QED) is 0.479. The summed E-state index contributed by atoms with van der Waals surface area (Å²) < 4.78 is 11.6. The molecule has 0 saturated carbocycles. The number of H-pyrrole nitrogens is 1. The molecule has 4 rings (SSSR count). The van der Waals surface area contributed by atoms with E-state index in [2.05, 4.69) is 28.8 Å². The van der Waals surface area contributed by atoms with Crippen LogP contribution in [-0.2, 0) is 6.42 Å². The van der Waals surface area contributed by atoms with Crippen LogP contribution in [0, 0.1) is 5.92 Å². The maximum absolute atomic E-state index is 6.17. The van der Waals surface area contributed by atoms with Gasteiger partial charge in [0.1, 0.15) is 17.7 Å². The highest BCUT2D eigenvalue weighted by molar-refractivity contribution is 6.30. The second-order valence-electron chi connectivity index (χ2n) is 6.86. The van der Waals surface area contributed by atoms with Crippen molar-refractivity contribution >= 4 is 22.6 Å². The number of aromatic nitrogens is 3. The topological polar surface area (TPSA) is 63.9 Å². The first-order chi connectivity index (χ1) is 13.1. The zero-order valence-electron chi connectivity index (χ0n) is 15.2. The van der Waals surface area contributed by atoms with Gasteiger partial charge < -0.3 is 14.1 Å². The van der Waals surface area contributed by atoms with Crippen molar-refractivity contribution in [3.05, 3.63) is 65.2 Å². The molecule has 138 valence electrons. The van der Waals surface area contributed by atoms with Gasteiger partial charge in [0, 0.05) is 10.6 Å². The molecule has 0 spiro atoms. The molecule has 0 saturated heterocycles. The van der Waals surface area contributed by atoms with Crippen LogP contribution in [0.5, 0.6) is 5.75 Å². The molecule has 0 bridgehead atoms. The van der Waals surface area contributed by atoms with Gasteiger partial charge in [-0.05, 0) is 36.2 Å². The third-order valence-electron chi connectivity index (χ3n) is 4.12. The van der Waals surface area contributed by atoms with Gasteiger partial charge in [0.2, 0.25) is 0 Å². The van der Waals surface area contributed by atoms with Crippen LogP contribution >= 0.6 is 11.6 Å². The van der Waals surface area contributed by atoms with Gasteiger partial charge in [0.25, 0.3) is 0 Å². The fraction of sp³-hybridized carbons (Fsp3) is 0.238. The zero-order valence-corrected chi connectivity index (χ0v) is 16.0. The van der Waals surface area contributed by atoms with Crippen LogP contribution in [-0.4, -0.2) is 21.6 Å². The lowest BCUT2D eigenvalue weighted by molar-refractivity contribution is 0.268. The average Bonchev–Trinajstić information content (AvgIpc) is 3.27. The number of aromatic amines is 1. The molecule has 0 fully saturated rings. The van der Waals surface area contributed by atoms with Gasteiger partial charge in [-0.2, -0.15) is 0 Å². The van der Waals surface area contributed by atoms with E-state index in [4.69, 9.17) is 20.8 Å². The zero-order chi connectivity index (χ0) is 18.8. The average molecular weight is 382 g/mol. The van der Waals surface area contributed by atoms with Crippen molar-refractivity contribution in [2.75, 3.05) is 6.61 Å². The summed E-state index contributed by atoms with van der Waals surface area (Å²) in [6, 6.07) is 13.5. The highest BCUT2D eigenvalue weighted by atomic mass is 35.5. The molecule has 1 N–H and O–H groups in total. The monoisotopic (exact) mass is 381 g/mol. The summed E-state index contributed by atoms with van der Waals surface area (Å²) in [6.07, 6.45) is 2.11. The summed E-state index contributed by atoms with van der Waals surface area (Å²) >= 11 is 6.17. The molecule has 2 aromatic carbocycles. The minimum absolute atomic E-state index is 0.440. The molecule has 6 heteroatoms. The third-order valence-corrected chi connectivity index (χ3v) is 4.36. The van der Waals surface area contributed by atoms with Crippen molar-refractivity contribution in [3.63, 3.8) is 0 Å². The van der Waals surface area contributed by atoms with Crippen LogP contribution in [0.3, 0.4) is 0 Å². The van der Waals surface area contributed by atoms with Crippen LogP contribution in [0.4, 0.5) is 0 Å². The van der Waals surface area contributed by atoms with Crippen molar-refractivity contribution in [1.29, 1.82) is 0 Å². The molecule has 2 heterocycles. The lowest BCUT2D eigenvalue weighted by Gasteiger charge is -2.12. The molecule has 0 amide bonds. The molecule has 0 aliphatic heterocycles. The van der Waals surface area contributed by atoms with Crippen molar-refractivity contribution in [3.8, 4) is 17.3 Å². The standard InChI is InChI=1S/C21H20ClN3O2/c1-13(2)11-26-19-8-7-15(22)9-14(19)10-20-23-18(12-27-20)21-24-16-5-3-4-6-17(16)25-21/h3-9,12-13H,10-11H2,1-2H3,(H,24,25). The van der Waals surface area contributed by atoms with Crippen molar-refractivity contribution in [2.24, 2.45) is 5.92 Å². The Hall–Kier alpha value is -2.79. The van der Waals surface area contributed by atoms with E-state index in [0.29, 0.717) is 41.4 Å². The molecule has 27 heavy (non-hydrogen) atoms. The molecule has 4 aromatic rings. The van der Waals surface area contributed by atoms with Gasteiger partial charge in [-0.15, -0.1) is 0 Å². The number of benzene rings is 2. The number of nitrogens with one attached hydrogen (secondary N) is 1. The van der Waals surface area contributed by atoms with Gasteiger partial charge >= 0.3 is 0 Å². The van der Waals surface area contributed by atoms with Crippen LogP contribution in [0.25, 0.3) is 22.6 Å². The summed E-state index contributed by atoms with van der Waals surface area (Å²) in [5.41, 5.74) is 3.49. The fourth-order valence-electron chi connectivity index (χ4n) is 2.82. The number of imidazole rings is 1. The normalized spacial score (nSPS) is 11.4. The molecule has 0 unspecified atom stereocenters. The van der Waals surface area contributed by atoms with Crippen LogP contribution in [0.15, 0.2) is 53.1 Å². The molecule has 2 aromatic heterocycles. The third kappa shape index (κ3) is 3.98. The summed E-state index contributed by atoms with van der Waals surface area (Å²) in [4.78, 5) is 12.4. The number of nitrogens with zero attached hydrogens (tertiary/aromatic N) is 2. The van der Waals surface area contributed by atoms with E-state index in [0.717, 1.165) is 22.3 Å². The lowest BCUT2D eigenvalue weighted by atomic mass is 10.1. The second kappa shape index (κ2) is 7.45. The minimum Gasteiger partial charge on any atom is -0.493 e. The molecular weight excluding hydrogens is 362 g/mol. The molecule has 0 radical (unpaired) electrons. The van der Waals surface area contributed by atoms with E-state index in [1.54, 1.807) is 6.26 Å². The molecule has 0 aliphatic carbocycles. The minimum atomic E-state index is 0.440. The highest BCUT2D eigenvalue weighted by Gasteiger charge is 2.14. The van der Waals surface area contributed by atoms with E-state index >= 15 is 0 Å². The number of hydrogen-bond acceptors (Lipinski definition) is 4. The van der Waals surface area contributed by atoms with E-state index < -0.39 is 0 Å². The number of rotatable bonds is 6. The first kappa shape index (κ1) is 17.6. The predicted octanol–water partition coefficient (Wildman–Crippen LogP) is 5.50. The summed E-state index contributed by atoms with van der Waals surface area (Å²) in [6.45, 7) is 4.87. The molecular formula is C21H20ClN3O2. The summed E-state index contributed by atoms with van der Waals surface area (Å²) in [5, 5.41) is 0.658. The number of hydrogen-bond donors (Lipinski definition) is 1. The van der Waals surface area contributed by atoms with Crippen molar-refractivity contribution in [2.45, 2.75) is 20.3 Å². The Bertz CT molecular complexity index is 1040. The fourth-order valence-corrected chi connectivity index (χ4v) is 3.02. The maximum atomic E-state index is 6.17. The van der Waals surface area contributed by atoms with Crippen molar-refractivity contribution in [1.82, 2.24) is 15.0 Å². The first-order valence-electron chi connectivity index (χ1n) is 8.89. The SMILES string of the molecule is CC(C)COc1ccc(Cl)cc1Cc1nc(-c2nc3ccccc3[nH]2)co1. The van der Waals surface area contributed by atoms with E-state index in [1.807, 2.05) is 42.5 Å². The van der Waals surface area contributed by atoms with E-state index in [-0.39, 0.29) is 0 Å². The molecule has 5 nitrogen and oxygen atoms in total. The van der Waals surface area contributed by atoms with Crippen LogP contribution in [0.1, 0.15) is 25.3 Å².